The van der Waals surface area contributed by atoms with Crippen molar-refractivity contribution in [3.8, 4) is 6.19 Å². The molecule has 1 saturated carbocycles. The Bertz CT molecular complexity index is 1200. The van der Waals surface area contributed by atoms with E-state index < -0.39 is 12.1 Å². The number of anilines is 1. The first-order chi connectivity index (χ1) is 17.2. The summed E-state index contributed by atoms with van der Waals surface area (Å²) in [5, 5.41) is 13.3. The molecule has 35 heavy (non-hydrogen) atoms. The Morgan fingerprint density at radius 1 is 1.11 bits per heavy atom. The molecular weight excluding hydrogens is 460 g/mol. The number of nitrogens with one attached hydrogen (secondary N) is 1. The lowest BCUT2D eigenvalue weighted by molar-refractivity contribution is -0.128. The predicted molar refractivity (Wildman–Crippen MR) is 134 cm³/mol. The lowest BCUT2D eigenvalue weighted by atomic mass is 9.95. The summed E-state index contributed by atoms with van der Waals surface area (Å²) < 4.78 is 0.932. The monoisotopic (exact) mass is 488 g/mol. The van der Waals surface area contributed by atoms with Gasteiger partial charge in [0.1, 0.15) is 12.1 Å². The van der Waals surface area contributed by atoms with Crippen molar-refractivity contribution in [2.45, 2.75) is 63.1 Å². The second kappa shape index (κ2) is 10.4. The zero-order valence-electron chi connectivity index (χ0n) is 19.5. The van der Waals surface area contributed by atoms with Gasteiger partial charge in [0.05, 0.1) is 10.2 Å². The molecule has 2 unspecified atom stereocenters. The number of thiazole rings is 1. The van der Waals surface area contributed by atoms with Crippen molar-refractivity contribution in [3.63, 3.8) is 0 Å². The van der Waals surface area contributed by atoms with Crippen LogP contribution in [-0.2, 0) is 9.59 Å². The van der Waals surface area contributed by atoms with Gasteiger partial charge in [-0.05, 0) is 43.9 Å². The molecule has 1 saturated heterocycles. The Kier molecular flexibility index (Phi) is 6.91. The highest BCUT2D eigenvalue weighted by Gasteiger charge is 2.42. The maximum Gasteiger partial charge on any atom is 0.253 e. The number of benzene rings is 1. The molecule has 1 aliphatic heterocycles. The van der Waals surface area contributed by atoms with Crippen LogP contribution in [0.15, 0.2) is 48.8 Å². The van der Waals surface area contributed by atoms with Gasteiger partial charge < -0.3 is 5.32 Å². The first-order valence-electron chi connectivity index (χ1n) is 12.2. The maximum absolute atomic E-state index is 14.1. The molecule has 3 heterocycles. The lowest BCUT2D eigenvalue weighted by Gasteiger charge is -2.33. The number of carbonyl (C=O) groups is 2. The molecule has 2 aliphatic rings. The molecule has 0 spiro atoms. The number of aromatic nitrogens is 2. The molecule has 2 fully saturated rings. The van der Waals surface area contributed by atoms with Crippen LogP contribution in [0.25, 0.3) is 10.2 Å². The highest BCUT2D eigenvalue weighted by molar-refractivity contribution is 7.22. The summed E-state index contributed by atoms with van der Waals surface area (Å²) in [6.45, 7) is 0.534. The molecule has 3 aromatic rings. The van der Waals surface area contributed by atoms with E-state index >= 15 is 0 Å². The van der Waals surface area contributed by atoms with E-state index in [9.17, 15) is 14.9 Å². The number of carbonyl (C=O) groups excluding carboxylic acids is 2. The van der Waals surface area contributed by atoms with Crippen LogP contribution in [0, 0.1) is 11.5 Å². The molecule has 2 amide bonds. The molecule has 0 bridgehead atoms. The number of likely N-dealkylation sites (tertiary alicyclic amines) is 1. The standard InChI is InChI=1S/C26H28N6O2S/c27-17-31-15-7-12-21(31)25(34)32(26-30-20-11-4-5-13-22(20)35-26)23(18-8-6-14-28-16-18)24(33)29-19-9-2-1-3-10-19/h4-6,8,11,13-14,16,19,21,23H,1-3,7,9-10,12,15H2,(H,29,33). The summed E-state index contributed by atoms with van der Waals surface area (Å²) in [6.07, 6.45) is 12.0. The van der Waals surface area contributed by atoms with Crippen molar-refractivity contribution in [1.82, 2.24) is 20.2 Å². The van der Waals surface area contributed by atoms with E-state index in [-0.39, 0.29) is 17.9 Å². The molecule has 2 aromatic heterocycles. The molecular formula is C26H28N6O2S. The number of nitriles is 1. The van der Waals surface area contributed by atoms with Crippen LogP contribution in [0.2, 0.25) is 0 Å². The normalized spacial score (nSPS) is 19.3. The number of pyridine rings is 1. The summed E-state index contributed by atoms with van der Waals surface area (Å²) in [5.41, 5.74) is 1.39. The molecule has 2 atom stereocenters. The van der Waals surface area contributed by atoms with E-state index in [2.05, 4.69) is 16.5 Å². The third-order valence-electron chi connectivity index (χ3n) is 6.85. The zero-order chi connectivity index (χ0) is 24.2. The van der Waals surface area contributed by atoms with Gasteiger partial charge in [0.2, 0.25) is 5.91 Å². The lowest BCUT2D eigenvalue weighted by Crippen LogP contribution is -2.51. The Balaban J connectivity index is 1.59. The van der Waals surface area contributed by atoms with Crippen LogP contribution in [0.3, 0.4) is 0 Å². The van der Waals surface area contributed by atoms with Crippen molar-refractivity contribution in [2.24, 2.45) is 0 Å². The molecule has 1 aliphatic carbocycles. The molecule has 9 heteroatoms. The largest absolute Gasteiger partial charge is 0.351 e. The number of para-hydroxylation sites is 1. The molecule has 180 valence electrons. The van der Waals surface area contributed by atoms with E-state index in [0.29, 0.717) is 23.7 Å². The molecule has 1 aromatic carbocycles. The van der Waals surface area contributed by atoms with Crippen LogP contribution >= 0.6 is 11.3 Å². The molecule has 0 radical (unpaired) electrons. The number of fused-ring (bicyclic) bond motifs is 1. The van der Waals surface area contributed by atoms with Crippen LogP contribution in [-0.4, -0.2) is 45.3 Å². The first-order valence-corrected chi connectivity index (χ1v) is 13.0. The Morgan fingerprint density at radius 3 is 2.69 bits per heavy atom. The number of hydrogen-bond acceptors (Lipinski definition) is 7. The summed E-state index contributed by atoms with van der Waals surface area (Å²) in [7, 11) is 0. The molecule has 8 nitrogen and oxygen atoms in total. The minimum atomic E-state index is -0.931. The van der Waals surface area contributed by atoms with E-state index in [1.54, 1.807) is 18.5 Å². The van der Waals surface area contributed by atoms with Gasteiger partial charge in [-0.3, -0.25) is 24.4 Å². The number of hydrogen-bond donors (Lipinski definition) is 1. The summed E-state index contributed by atoms with van der Waals surface area (Å²) in [5.74, 6) is -0.519. The molecule has 1 N–H and O–H groups in total. The minimum Gasteiger partial charge on any atom is -0.351 e. The number of nitrogens with zero attached hydrogens (tertiary/aromatic N) is 5. The number of amides is 2. The van der Waals surface area contributed by atoms with Gasteiger partial charge in [-0.15, -0.1) is 0 Å². The van der Waals surface area contributed by atoms with Crippen molar-refractivity contribution < 1.29 is 9.59 Å². The van der Waals surface area contributed by atoms with Crippen LogP contribution < -0.4 is 10.2 Å². The Labute approximate surface area is 208 Å². The summed E-state index contributed by atoms with van der Waals surface area (Å²) in [6, 6.07) is 9.82. The van der Waals surface area contributed by atoms with Crippen molar-refractivity contribution in [2.75, 3.05) is 11.4 Å². The summed E-state index contributed by atoms with van der Waals surface area (Å²) in [4.78, 5) is 40.0. The van der Waals surface area contributed by atoms with Crippen LogP contribution in [0.1, 0.15) is 56.6 Å². The van der Waals surface area contributed by atoms with Gasteiger partial charge in [0.25, 0.3) is 5.91 Å². The Hall–Kier alpha value is -3.51. The van der Waals surface area contributed by atoms with Crippen molar-refractivity contribution in [1.29, 1.82) is 5.26 Å². The second-order valence-electron chi connectivity index (χ2n) is 9.16. The van der Waals surface area contributed by atoms with Crippen LogP contribution in [0.5, 0.6) is 0 Å². The van der Waals surface area contributed by atoms with Gasteiger partial charge in [0.15, 0.2) is 11.3 Å². The van der Waals surface area contributed by atoms with Crippen LogP contribution in [0.4, 0.5) is 5.13 Å². The fourth-order valence-electron chi connectivity index (χ4n) is 5.08. The highest BCUT2D eigenvalue weighted by atomic mass is 32.1. The fourth-order valence-corrected chi connectivity index (χ4v) is 6.08. The van der Waals surface area contributed by atoms with E-state index in [1.165, 1.54) is 27.6 Å². The second-order valence-corrected chi connectivity index (χ2v) is 10.2. The Morgan fingerprint density at radius 2 is 1.94 bits per heavy atom. The minimum absolute atomic E-state index is 0.0878. The topological polar surface area (TPSA) is 102 Å². The SMILES string of the molecule is N#CN1CCCC1C(=O)N(c1nc2ccccc2s1)C(C(=O)NC1CCCCC1)c1cccnc1. The summed E-state index contributed by atoms with van der Waals surface area (Å²) >= 11 is 1.38. The first kappa shape index (κ1) is 23.2. The van der Waals surface area contributed by atoms with E-state index in [4.69, 9.17) is 4.98 Å². The zero-order valence-corrected chi connectivity index (χ0v) is 20.3. The van der Waals surface area contributed by atoms with Gasteiger partial charge in [-0.1, -0.05) is 48.8 Å². The average molecular weight is 489 g/mol. The van der Waals surface area contributed by atoms with Gasteiger partial charge >= 0.3 is 0 Å². The van der Waals surface area contributed by atoms with Crippen molar-refractivity contribution in [3.05, 3.63) is 54.4 Å². The van der Waals surface area contributed by atoms with Gasteiger partial charge in [-0.25, -0.2) is 4.98 Å². The smallest absolute Gasteiger partial charge is 0.253 e. The average Bonchev–Trinajstić information content (AvgIpc) is 3.54. The van der Waals surface area contributed by atoms with Crippen molar-refractivity contribution >= 4 is 38.5 Å². The van der Waals surface area contributed by atoms with E-state index in [1.807, 2.05) is 30.3 Å². The maximum atomic E-state index is 14.1. The number of rotatable bonds is 6. The third kappa shape index (κ3) is 4.84. The van der Waals surface area contributed by atoms with Gasteiger partial charge in [-0.2, -0.15) is 5.26 Å². The molecule has 5 rings (SSSR count). The highest BCUT2D eigenvalue weighted by Crippen LogP contribution is 2.36. The van der Waals surface area contributed by atoms with E-state index in [0.717, 1.165) is 42.3 Å². The fraction of sp³-hybridized carbons (Fsp3) is 0.423. The predicted octanol–water partition coefficient (Wildman–Crippen LogP) is 4.16. The van der Waals surface area contributed by atoms with Gasteiger partial charge in [0, 0.05) is 30.5 Å². The third-order valence-corrected chi connectivity index (χ3v) is 7.89. The quantitative estimate of drug-likeness (QED) is 0.523.